The van der Waals surface area contributed by atoms with Crippen molar-refractivity contribution < 1.29 is 4.79 Å². The molecule has 0 saturated carbocycles. The van der Waals surface area contributed by atoms with Crippen molar-refractivity contribution in [2.24, 2.45) is 5.73 Å². The Balaban J connectivity index is 2.42. The molecule has 3 nitrogen and oxygen atoms in total. The van der Waals surface area contributed by atoms with Gasteiger partial charge in [-0.25, -0.2) is 0 Å². The third-order valence-corrected chi connectivity index (χ3v) is 3.06. The van der Waals surface area contributed by atoms with Gasteiger partial charge in [0, 0.05) is 18.7 Å². The minimum Gasteiger partial charge on any atom is -0.393 e. The van der Waals surface area contributed by atoms with Crippen molar-refractivity contribution in [2.75, 3.05) is 11.4 Å². The number of fused-ring (bicyclic) bond motifs is 1. The lowest BCUT2D eigenvalue weighted by atomic mass is 9.97. The number of benzene rings is 1. The number of anilines is 1. The maximum atomic E-state index is 12.1. The largest absolute Gasteiger partial charge is 0.393 e. The van der Waals surface area contributed by atoms with Crippen LogP contribution in [0.4, 0.5) is 5.69 Å². The van der Waals surface area contributed by atoms with Gasteiger partial charge in [0.05, 0.1) is 10.9 Å². The van der Waals surface area contributed by atoms with E-state index in [9.17, 15) is 4.79 Å². The molecular weight excluding hydrogens is 220 g/mol. The van der Waals surface area contributed by atoms with Crippen LogP contribution in [0.25, 0.3) is 0 Å². The highest BCUT2D eigenvalue weighted by molar-refractivity contribution is 7.80. The highest BCUT2D eigenvalue weighted by Crippen LogP contribution is 2.38. The maximum Gasteiger partial charge on any atom is 0.235 e. The van der Waals surface area contributed by atoms with E-state index in [1.807, 2.05) is 31.2 Å². The van der Waals surface area contributed by atoms with Crippen LogP contribution < -0.4 is 10.6 Å². The topological polar surface area (TPSA) is 46.3 Å². The van der Waals surface area contributed by atoms with Gasteiger partial charge in [0.2, 0.25) is 5.91 Å². The molecule has 1 unspecified atom stereocenters. The van der Waals surface area contributed by atoms with Gasteiger partial charge in [0.1, 0.15) is 0 Å². The number of likely N-dealkylation sites (N-methyl/N-ethyl adjacent to an activating group) is 1. The molecule has 1 aromatic rings. The summed E-state index contributed by atoms with van der Waals surface area (Å²) in [6, 6.07) is 7.83. The number of para-hydroxylation sites is 1. The van der Waals surface area contributed by atoms with Crippen LogP contribution in [0.15, 0.2) is 24.3 Å². The molecule has 1 aromatic carbocycles. The van der Waals surface area contributed by atoms with Gasteiger partial charge < -0.3 is 10.6 Å². The second kappa shape index (κ2) is 4.22. The SMILES string of the molecule is CCN1C(=O)C(CC(N)=S)c2ccccc21. The van der Waals surface area contributed by atoms with Gasteiger partial charge in [0.15, 0.2) is 0 Å². The molecule has 1 atom stereocenters. The predicted molar refractivity (Wildman–Crippen MR) is 68.6 cm³/mol. The zero-order valence-electron chi connectivity index (χ0n) is 9.14. The molecule has 2 rings (SSSR count). The zero-order chi connectivity index (χ0) is 11.7. The van der Waals surface area contributed by atoms with Crippen molar-refractivity contribution >= 4 is 28.8 Å². The molecule has 1 amide bonds. The molecule has 0 fully saturated rings. The smallest absolute Gasteiger partial charge is 0.235 e. The normalized spacial score (nSPS) is 18.7. The Morgan fingerprint density at radius 2 is 2.19 bits per heavy atom. The summed E-state index contributed by atoms with van der Waals surface area (Å²) in [4.78, 5) is 14.3. The van der Waals surface area contributed by atoms with E-state index in [2.05, 4.69) is 0 Å². The van der Waals surface area contributed by atoms with E-state index in [0.29, 0.717) is 18.0 Å². The molecule has 0 radical (unpaired) electrons. The van der Waals surface area contributed by atoms with Crippen LogP contribution in [0.5, 0.6) is 0 Å². The Labute approximate surface area is 100 Å². The van der Waals surface area contributed by atoms with Crippen LogP contribution in [0, 0.1) is 0 Å². The first kappa shape index (κ1) is 11.1. The van der Waals surface area contributed by atoms with Gasteiger partial charge in [-0.15, -0.1) is 0 Å². The fraction of sp³-hybridized carbons (Fsp3) is 0.333. The molecular formula is C12H14N2OS. The fourth-order valence-electron chi connectivity index (χ4n) is 2.19. The quantitative estimate of drug-likeness (QED) is 0.811. The van der Waals surface area contributed by atoms with E-state index in [1.165, 1.54) is 0 Å². The van der Waals surface area contributed by atoms with Crippen LogP contribution >= 0.6 is 12.2 Å². The van der Waals surface area contributed by atoms with Crippen LogP contribution in [0.1, 0.15) is 24.8 Å². The summed E-state index contributed by atoms with van der Waals surface area (Å²) < 4.78 is 0. The molecule has 4 heteroatoms. The molecule has 0 bridgehead atoms. The number of nitrogens with two attached hydrogens (primary N) is 1. The summed E-state index contributed by atoms with van der Waals surface area (Å²) >= 11 is 4.90. The van der Waals surface area contributed by atoms with Crippen molar-refractivity contribution in [2.45, 2.75) is 19.3 Å². The minimum absolute atomic E-state index is 0.108. The first-order valence-corrected chi connectivity index (χ1v) is 5.74. The van der Waals surface area contributed by atoms with E-state index in [1.54, 1.807) is 4.90 Å². The molecule has 1 aliphatic heterocycles. The number of nitrogens with zero attached hydrogens (tertiary/aromatic N) is 1. The van der Waals surface area contributed by atoms with Crippen molar-refractivity contribution in [3.8, 4) is 0 Å². The second-order valence-corrected chi connectivity index (χ2v) is 4.39. The van der Waals surface area contributed by atoms with Crippen LogP contribution in [0.3, 0.4) is 0 Å². The molecule has 0 aromatic heterocycles. The van der Waals surface area contributed by atoms with Crippen LogP contribution in [0.2, 0.25) is 0 Å². The number of amides is 1. The predicted octanol–water partition coefficient (Wildman–Crippen LogP) is 1.81. The van der Waals surface area contributed by atoms with Gasteiger partial charge in [0.25, 0.3) is 0 Å². The average molecular weight is 234 g/mol. The minimum atomic E-state index is -0.186. The van der Waals surface area contributed by atoms with Crippen molar-refractivity contribution in [3.05, 3.63) is 29.8 Å². The first-order valence-electron chi connectivity index (χ1n) is 5.33. The lowest BCUT2D eigenvalue weighted by Gasteiger charge is -2.14. The summed E-state index contributed by atoms with van der Waals surface area (Å²) in [5, 5.41) is 0. The number of hydrogen-bond donors (Lipinski definition) is 1. The fourth-order valence-corrected chi connectivity index (χ4v) is 2.36. The zero-order valence-corrected chi connectivity index (χ0v) is 9.96. The molecule has 1 aliphatic rings. The Bertz CT molecular complexity index is 444. The van der Waals surface area contributed by atoms with Crippen LogP contribution in [-0.4, -0.2) is 17.4 Å². The average Bonchev–Trinajstić information content (AvgIpc) is 2.52. The third-order valence-electron chi connectivity index (χ3n) is 2.89. The van der Waals surface area contributed by atoms with Crippen molar-refractivity contribution in [3.63, 3.8) is 0 Å². The Kier molecular flexibility index (Phi) is 2.92. The van der Waals surface area contributed by atoms with Crippen LogP contribution in [-0.2, 0) is 4.79 Å². The molecule has 16 heavy (non-hydrogen) atoms. The van der Waals surface area contributed by atoms with Crippen molar-refractivity contribution in [1.82, 2.24) is 0 Å². The number of carbonyl (C=O) groups is 1. The summed E-state index contributed by atoms with van der Waals surface area (Å²) in [6.07, 6.45) is 0.460. The lowest BCUT2D eigenvalue weighted by Crippen LogP contribution is -2.29. The lowest BCUT2D eigenvalue weighted by molar-refractivity contribution is -0.119. The molecule has 0 saturated heterocycles. The first-order chi connectivity index (χ1) is 7.65. The summed E-state index contributed by atoms with van der Waals surface area (Å²) in [7, 11) is 0. The number of rotatable bonds is 3. The molecule has 0 spiro atoms. The Morgan fingerprint density at radius 3 is 2.81 bits per heavy atom. The molecule has 2 N–H and O–H groups in total. The number of thiocarbonyl (C=S) groups is 1. The Hall–Kier alpha value is -1.42. The van der Waals surface area contributed by atoms with Gasteiger partial charge in [-0.2, -0.15) is 0 Å². The van der Waals surface area contributed by atoms with E-state index in [4.69, 9.17) is 18.0 Å². The van der Waals surface area contributed by atoms with Gasteiger partial charge >= 0.3 is 0 Å². The highest BCUT2D eigenvalue weighted by atomic mass is 32.1. The third kappa shape index (κ3) is 1.69. The van der Waals surface area contributed by atoms with Crippen molar-refractivity contribution in [1.29, 1.82) is 0 Å². The summed E-state index contributed by atoms with van der Waals surface area (Å²) in [5.41, 5.74) is 7.58. The number of carbonyl (C=O) groups excluding carboxylic acids is 1. The van der Waals surface area contributed by atoms with E-state index in [0.717, 1.165) is 11.3 Å². The maximum absolute atomic E-state index is 12.1. The van der Waals surface area contributed by atoms with E-state index >= 15 is 0 Å². The van der Waals surface area contributed by atoms with Gasteiger partial charge in [-0.3, -0.25) is 4.79 Å². The summed E-state index contributed by atoms with van der Waals surface area (Å²) in [5.74, 6) is -0.0786. The highest BCUT2D eigenvalue weighted by Gasteiger charge is 2.36. The Morgan fingerprint density at radius 1 is 1.50 bits per heavy atom. The van der Waals surface area contributed by atoms with E-state index < -0.39 is 0 Å². The van der Waals surface area contributed by atoms with Gasteiger partial charge in [-0.05, 0) is 18.6 Å². The second-order valence-electron chi connectivity index (χ2n) is 3.86. The van der Waals surface area contributed by atoms with E-state index in [-0.39, 0.29) is 11.8 Å². The molecule has 0 aliphatic carbocycles. The number of hydrogen-bond acceptors (Lipinski definition) is 2. The summed E-state index contributed by atoms with van der Waals surface area (Å²) in [6.45, 7) is 2.65. The van der Waals surface area contributed by atoms with Gasteiger partial charge in [-0.1, -0.05) is 30.4 Å². The monoisotopic (exact) mass is 234 g/mol. The molecule has 1 heterocycles. The standard InChI is InChI=1S/C12H14N2OS/c1-2-14-10-6-4-3-5-8(10)9(12(14)15)7-11(13)16/h3-6,9H,2,7H2,1H3,(H2,13,16). The molecule has 84 valence electrons.